The molecule has 1 rings (SSSR count). The molecule has 0 aliphatic carbocycles. The molecule has 1 heterocycles. The van der Waals surface area contributed by atoms with Gasteiger partial charge in [0.05, 0.1) is 6.10 Å². The first-order valence-electron chi connectivity index (χ1n) is 6.31. The third-order valence-electron chi connectivity index (χ3n) is 2.45. The second kappa shape index (κ2) is 10.4. The number of ether oxygens (including phenoxy) is 1. The van der Waals surface area contributed by atoms with Crippen LogP contribution in [-0.4, -0.2) is 49.0 Å². The molecule has 0 spiro atoms. The van der Waals surface area contributed by atoms with E-state index in [1.54, 1.807) is 0 Å². The molecule has 3 nitrogen and oxygen atoms in total. The highest BCUT2D eigenvalue weighted by atomic mass is 16.5. The first kappa shape index (κ1) is 14.9. The van der Waals surface area contributed by atoms with Crippen LogP contribution in [0.1, 0.15) is 40.0 Å². The van der Waals surface area contributed by atoms with E-state index < -0.39 is 0 Å². The van der Waals surface area contributed by atoms with Gasteiger partial charge < -0.3 is 14.7 Å². The van der Waals surface area contributed by atoms with E-state index in [4.69, 9.17) is 4.74 Å². The summed E-state index contributed by atoms with van der Waals surface area (Å²) in [6, 6.07) is 0. The maximum absolute atomic E-state index is 9.41. The lowest BCUT2D eigenvalue weighted by Crippen LogP contribution is -2.38. The Kier molecular flexibility index (Phi) is 10.3. The molecule has 3 heteroatoms. The molecule has 92 valence electrons. The lowest BCUT2D eigenvalue weighted by molar-refractivity contribution is 0.0620. The van der Waals surface area contributed by atoms with Gasteiger partial charge in [0.25, 0.3) is 0 Å². The van der Waals surface area contributed by atoms with Crippen molar-refractivity contribution in [2.75, 3.05) is 32.8 Å². The largest absolute Gasteiger partial charge is 0.392 e. The van der Waals surface area contributed by atoms with Crippen molar-refractivity contribution >= 4 is 0 Å². The van der Waals surface area contributed by atoms with Gasteiger partial charge in [-0.25, -0.2) is 0 Å². The van der Waals surface area contributed by atoms with Gasteiger partial charge in [0.15, 0.2) is 0 Å². The van der Waals surface area contributed by atoms with Gasteiger partial charge in [-0.1, -0.05) is 13.8 Å². The fourth-order valence-electron chi connectivity index (χ4n) is 1.77. The van der Waals surface area contributed by atoms with Crippen LogP contribution in [0, 0.1) is 0 Å². The summed E-state index contributed by atoms with van der Waals surface area (Å²) in [5.74, 6) is 0. The van der Waals surface area contributed by atoms with E-state index in [0.717, 1.165) is 52.1 Å². The smallest absolute Gasteiger partial charge is 0.0667 e. The predicted octanol–water partition coefficient (Wildman–Crippen LogP) is 1.90. The van der Waals surface area contributed by atoms with Gasteiger partial charge in [-0.05, 0) is 32.7 Å². The van der Waals surface area contributed by atoms with Gasteiger partial charge in [0, 0.05) is 26.3 Å². The van der Waals surface area contributed by atoms with Crippen LogP contribution in [0.4, 0.5) is 0 Å². The van der Waals surface area contributed by atoms with Crippen molar-refractivity contribution in [3.05, 3.63) is 0 Å². The Balaban J connectivity index is 0.000000921. The summed E-state index contributed by atoms with van der Waals surface area (Å²) in [7, 11) is 0. The van der Waals surface area contributed by atoms with E-state index in [2.05, 4.69) is 4.90 Å². The Bertz CT molecular complexity index is 131. The Labute approximate surface area is 94.4 Å². The molecule has 1 unspecified atom stereocenters. The highest BCUT2D eigenvalue weighted by Gasteiger charge is 2.16. The summed E-state index contributed by atoms with van der Waals surface area (Å²) in [6.07, 6.45) is 3.10. The Hall–Kier alpha value is -0.120. The average Bonchev–Trinajstić information content (AvgIpc) is 2.27. The number of β-amino-alcohol motifs (C(OH)–C–C–N with tert-alkyl or cyclic N) is 1. The SMILES string of the molecule is CC.CCOCCCN1CCCC(O)C1. The number of rotatable bonds is 5. The minimum atomic E-state index is -0.0964. The third kappa shape index (κ3) is 7.77. The quantitative estimate of drug-likeness (QED) is 0.714. The number of piperidine rings is 1. The zero-order valence-corrected chi connectivity index (χ0v) is 10.5. The standard InChI is InChI=1S/C10H21NO2.C2H6/c1-2-13-8-4-7-11-6-3-5-10(12)9-11;1-2/h10,12H,2-9H2,1H3;1-2H3. The van der Waals surface area contributed by atoms with Crippen molar-refractivity contribution in [2.24, 2.45) is 0 Å². The Morgan fingerprint density at radius 1 is 1.40 bits per heavy atom. The molecule has 0 aromatic carbocycles. The average molecular weight is 217 g/mol. The summed E-state index contributed by atoms with van der Waals surface area (Å²) >= 11 is 0. The maximum Gasteiger partial charge on any atom is 0.0667 e. The second-order valence-corrected chi connectivity index (χ2v) is 3.65. The summed E-state index contributed by atoms with van der Waals surface area (Å²) < 4.78 is 5.26. The third-order valence-corrected chi connectivity index (χ3v) is 2.45. The molecular formula is C12H27NO2. The minimum absolute atomic E-state index is 0.0964. The summed E-state index contributed by atoms with van der Waals surface area (Å²) in [6.45, 7) is 10.7. The normalized spacial score (nSPS) is 22.0. The predicted molar refractivity (Wildman–Crippen MR) is 64.1 cm³/mol. The molecule has 1 aliphatic heterocycles. The van der Waals surface area contributed by atoms with E-state index >= 15 is 0 Å². The van der Waals surface area contributed by atoms with Crippen LogP contribution in [0.15, 0.2) is 0 Å². The lowest BCUT2D eigenvalue weighted by atomic mass is 10.1. The topological polar surface area (TPSA) is 32.7 Å². The first-order chi connectivity index (χ1) is 7.33. The molecule has 0 amide bonds. The van der Waals surface area contributed by atoms with Crippen molar-refractivity contribution in [3.8, 4) is 0 Å². The summed E-state index contributed by atoms with van der Waals surface area (Å²) in [5.41, 5.74) is 0. The number of hydrogen-bond acceptors (Lipinski definition) is 3. The van der Waals surface area contributed by atoms with Crippen LogP contribution in [0.2, 0.25) is 0 Å². The fourth-order valence-corrected chi connectivity index (χ4v) is 1.77. The zero-order valence-electron chi connectivity index (χ0n) is 10.5. The van der Waals surface area contributed by atoms with Crippen LogP contribution in [-0.2, 0) is 4.74 Å². The van der Waals surface area contributed by atoms with Crippen molar-refractivity contribution in [2.45, 2.75) is 46.1 Å². The molecule has 0 bridgehead atoms. The van der Waals surface area contributed by atoms with E-state index in [9.17, 15) is 5.11 Å². The number of likely N-dealkylation sites (tertiary alicyclic amines) is 1. The molecule has 15 heavy (non-hydrogen) atoms. The Morgan fingerprint density at radius 2 is 2.13 bits per heavy atom. The number of nitrogens with zero attached hydrogens (tertiary/aromatic N) is 1. The molecule has 1 fully saturated rings. The highest BCUT2D eigenvalue weighted by Crippen LogP contribution is 2.09. The van der Waals surface area contributed by atoms with Crippen molar-refractivity contribution < 1.29 is 9.84 Å². The van der Waals surface area contributed by atoms with Gasteiger partial charge in [-0.15, -0.1) is 0 Å². The number of aliphatic hydroxyl groups is 1. The van der Waals surface area contributed by atoms with Crippen LogP contribution in [0.25, 0.3) is 0 Å². The number of aliphatic hydroxyl groups excluding tert-OH is 1. The van der Waals surface area contributed by atoms with Crippen LogP contribution in [0.3, 0.4) is 0 Å². The molecule has 1 atom stereocenters. The van der Waals surface area contributed by atoms with Crippen molar-refractivity contribution in [1.82, 2.24) is 4.90 Å². The van der Waals surface area contributed by atoms with E-state index in [1.807, 2.05) is 20.8 Å². The molecule has 0 aromatic rings. The van der Waals surface area contributed by atoms with E-state index in [0.29, 0.717) is 0 Å². The van der Waals surface area contributed by atoms with E-state index in [-0.39, 0.29) is 6.10 Å². The molecule has 0 saturated carbocycles. The van der Waals surface area contributed by atoms with Gasteiger partial charge in [-0.2, -0.15) is 0 Å². The highest BCUT2D eigenvalue weighted by molar-refractivity contribution is 4.71. The zero-order chi connectivity index (χ0) is 11.5. The minimum Gasteiger partial charge on any atom is -0.392 e. The lowest BCUT2D eigenvalue weighted by Gasteiger charge is -2.29. The second-order valence-electron chi connectivity index (χ2n) is 3.65. The van der Waals surface area contributed by atoms with Gasteiger partial charge >= 0.3 is 0 Å². The summed E-state index contributed by atoms with van der Waals surface area (Å²) in [5, 5.41) is 9.41. The molecule has 0 aromatic heterocycles. The van der Waals surface area contributed by atoms with Crippen LogP contribution in [0.5, 0.6) is 0 Å². The van der Waals surface area contributed by atoms with Crippen molar-refractivity contribution in [3.63, 3.8) is 0 Å². The molecule has 1 N–H and O–H groups in total. The molecule has 1 saturated heterocycles. The fraction of sp³-hybridized carbons (Fsp3) is 1.00. The first-order valence-corrected chi connectivity index (χ1v) is 6.31. The van der Waals surface area contributed by atoms with Gasteiger partial charge in [-0.3, -0.25) is 0 Å². The molecule has 1 aliphatic rings. The molecular weight excluding hydrogens is 190 g/mol. The number of hydrogen-bond donors (Lipinski definition) is 1. The van der Waals surface area contributed by atoms with Gasteiger partial charge in [0.2, 0.25) is 0 Å². The summed E-state index contributed by atoms with van der Waals surface area (Å²) in [4.78, 5) is 2.33. The maximum atomic E-state index is 9.41. The van der Waals surface area contributed by atoms with Crippen LogP contribution < -0.4 is 0 Å². The van der Waals surface area contributed by atoms with Crippen LogP contribution >= 0.6 is 0 Å². The monoisotopic (exact) mass is 217 g/mol. The van der Waals surface area contributed by atoms with Gasteiger partial charge in [0.1, 0.15) is 0 Å². The Morgan fingerprint density at radius 3 is 2.73 bits per heavy atom. The molecule has 0 radical (unpaired) electrons. The van der Waals surface area contributed by atoms with E-state index in [1.165, 1.54) is 0 Å². The van der Waals surface area contributed by atoms with Crippen molar-refractivity contribution in [1.29, 1.82) is 0 Å².